The first-order valence-corrected chi connectivity index (χ1v) is 13.4. The Morgan fingerprint density at radius 3 is 2.66 bits per heavy atom. The first-order valence-electron chi connectivity index (χ1n) is 11.5. The molecule has 0 N–H and O–H groups in total. The predicted octanol–water partition coefficient (Wildman–Crippen LogP) is 3.76. The van der Waals surface area contributed by atoms with Gasteiger partial charge in [-0.25, -0.2) is 8.42 Å². The molecule has 0 saturated carbocycles. The summed E-state index contributed by atoms with van der Waals surface area (Å²) >= 11 is 6.27. The van der Waals surface area contributed by atoms with E-state index in [1.54, 1.807) is 6.92 Å². The van der Waals surface area contributed by atoms with Gasteiger partial charge in [-0.05, 0) is 55.8 Å². The maximum absolute atomic E-state index is 12.1. The number of hydrogen-bond donors (Lipinski definition) is 0. The highest BCUT2D eigenvalue weighted by molar-refractivity contribution is 7.89. The number of aromatic nitrogens is 6. The molecule has 0 atom stereocenters. The highest BCUT2D eigenvalue weighted by Crippen LogP contribution is 2.31. The molecule has 35 heavy (non-hydrogen) atoms. The van der Waals surface area contributed by atoms with E-state index >= 15 is 0 Å². The van der Waals surface area contributed by atoms with Gasteiger partial charge in [0.05, 0.1) is 28.5 Å². The summed E-state index contributed by atoms with van der Waals surface area (Å²) in [6.45, 7) is 5.12. The fourth-order valence-electron chi connectivity index (χ4n) is 4.71. The van der Waals surface area contributed by atoms with Gasteiger partial charge in [-0.3, -0.25) is 9.08 Å². The molecule has 5 heterocycles. The Labute approximate surface area is 207 Å². The summed E-state index contributed by atoms with van der Waals surface area (Å²) in [5, 5.41) is 14.1. The van der Waals surface area contributed by atoms with Gasteiger partial charge in [0.15, 0.2) is 5.65 Å². The van der Waals surface area contributed by atoms with E-state index in [9.17, 15) is 8.42 Å². The molecule has 0 spiro atoms. The van der Waals surface area contributed by atoms with Crippen LogP contribution in [0.2, 0.25) is 5.02 Å². The molecule has 1 saturated heterocycles. The Balaban J connectivity index is 1.43. The van der Waals surface area contributed by atoms with Crippen molar-refractivity contribution in [2.24, 2.45) is 0 Å². The molecular weight excluding hydrogens is 486 g/mol. The molecule has 4 aromatic heterocycles. The van der Waals surface area contributed by atoms with Crippen LogP contribution < -0.4 is 0 Å². The molecule has 9 nitrogen and oxygen atoms in total. The lowest BCUT2D eigenvalue weighted by molar-refractivity contribution is 0.192. The maximum atomic E-state index is 12.1. The van der Waals surface area contributed by atoms with E-state index in [0.717, 1.165) is 39.5 Å². The van der Waals surface area contributed by atoms with Crippen LogP contribution in [0, 0.1) is 6.92 Å². The van der Waals surface area contributed by atoms with E-state index in [1.165, 1.54) is 4.31 Å². The fraction of sp³-hybridized carbons (Fsp3) is 0.292. The zero-order valence-electron chi connectivity index (χ0n) is 19.3. The molecule has 0 radical (unpaired) electrons. The smallest absolute Gasteiger partial charge is 0.213 e. The highest BCUT2D eigenvalue weighted by atomic mass is 35.5. The SMILES string of the molecule is CCS(=O)(=O)N1CC(n2ccc(-c3cc4c(ccc5nnc(C)n54)n3Cc3cccc(Cl)c3)n2)C1. The van der Waals surface area contributed by atoms with Crippen molar-refractivity contribution in [1.29, 1.82) is 0 Å². The van der Waals surface area contributed by atoms with Crippen LogP contribution in [-0.2, 0) is 16.6 Å². The van der Waals surface area contributed by atoms with E-state index in [2.05, 4.69) is 33.0 Å². The minimum atomic E-state index is -3.17. The van der Waals surface area contributed by atoms with E-state index in [0.29, 0.717) is 24.7 Å². The summed E-state index contributed by atoms with van der Waals surface area (Å²) in [6, 6.07) is 16.0. The normalized spacial score (nSPS) is 15.3. The number of halogens is 1. The second kappa shape index (κ2) is 8.18. The topological polar surface area (TPSA) is 90.3 Å². The molecule has 6 rings (SSSR count). The summed E-state index contributed by atoms with van der Waals surface area (Å²) in [7, 11) is -3.17. The third kappa shape index (κ3) is 3.72. The van der Waals surface area contributed by atoms with Crippen LogP contribution in [0.4, 0.5) is 0 Å². The van der Waals surface area contributed by atoms with Gasteiger partial charge in [-0.15, -0.1) is 10.2 Å². The number of hydrogen-bond acceptors (Lipinski definition) is 5. The Kier molecular flexibility index (Phi) is 5.21. The molecule has 1 aliphatic heterocycles. The standard InChI is InChI=1S/C24H24ClN7O2S/c1-3-35(33,34)29-14-19(15-29)31-10-9-20(28-31)22-12-23-21(7-8-24-27-26-16(2)32(23)24)30(22)13-17-5-4-6-18(25)11-17/h4-12,19H,3,13-15H2,1-2H3. The number of sulfonamides is 1. The van der Waals surface area contributed by atoms with Crippen molar-refractivity contribution in [2.75, 3.05) is 18.8 Å². The van der Waals surface area contributed by atoms with Crippen LogP contribution in [0.15, 0.2) is 54.7 Å². The summed E-state index contributed by atoms with van der Waals surface area (Å²) in [6.07, 6.45) is 1.93. The monoisotopic (exact) mass is 509 g/mol. The van der Waals surface area contributed by atoms with Crippen molar-refractivity contribution in [1.82, 2.24) is 33.3 Å². The van der Waals surface area contributed by atoms with Gasteiger partial charge in [0.2, 0.25) is 10.0 Å². The molecular formula is C24H24ClN7O2S. The van der Waals surface area contributed by atoms with Crippen LogP contribution in [0.1, 0.15) is 24.4 Å². The maximum Gasteiger partial charge on any atom is 0.213 e. The average molecular weight is 510 g/mol. The largest absolute Gasteiger partial charge is 0.333 e. The lowest BCUT2D eigenvalue weighted by Crippen LogP contribution is -2.51. The Morgan fingerprint density at radius 2 is 1.89 bits per heavy atom. The van der Waals surface area contributed by atoms with Gasteiger partial charge in [0.25, 0.3) is 0 Å². The lowest BCUT2D eigenvalue weighted by Gasteiger charge is -2.37. The highest BCUT2D eigenvalue weighted by Gasteiger charge is 2.36. The minimum absolute atomic E-state index is 0.0302. The summed E-state index contributed by atoms with van der Waals surface area (Å²) in [5.41, 5.74) is 5.68. The van der Waals surface area contributed by atoms with E-state index in [-0.39, 0.29) is 11.8 Å². The second-order valence-electron chi connectivity index (χ2n) is 8.84. The lowest BCUT2D eigenvalue weighted by atomic mass is 10.2. The summed E-state index contributed by atoms with van der Waals surface area (Å²) in [5.74, 6) is 0.930. The van der Waals surface area contributed by atoms with Gasteiger partial charge in [-0.2, -0.15) is 9.40 Å². The van der Waals surface area contributed by atoms with Crippen LogP contribution >= 0.6 is 11.6 Å². The number of nitrogens with zero attached hydrogens (tertiary/aromatic N) is 7. The summed E-state index contributed by atoms with van der Waals surface area (Å²) in [4.78, 5) is 0. The number of pyridine rings is 1. The molecule has 0 bridgehead atoms. The molecule has 0 unspecified atom stereocenters. The number of fused-ring (bicyclic) bond motifs is 3. The molecule has 0 amide bonds. The summed E-state index contributed by atoms with van der Waals surface area (Å²) < 4.78 is 31.9. The molecule has 1 aromatic carbocycles. The number of rotatable bonds is 6. The van der Waals surface area contributed by atoms with Crippen LogP contribution in [0.3, 0.4) is 0 Å². The zero-order chi connectivity index (χ0) is 24.3. The van der Waals surface area contributed by atoms with Gasteiger partial charge in [-0.1, -0.05) is 23.7 Å². The zero-order valence-corrected chi connectivity index (χ0v) is 20.9. The fourth-order valence-corrected chi connectivity index (χ4v) is 6.09. The van der Waals surface area contributed by atoms with Gasteiger partial charge in [0, 0.05) is 30.9 Å². The third-order valence-corrected chi connectivity index (χ3v) is 8.71. The minimum Gasteiger partial charge on any atom is -0.333 e. The van der Waals surface area contributed by atoms with Crippen LogP contribution in [0.25, 0.3) is 28.1 Å². The number of aryl methyl sites for hydroxylation is 1. The van der Waals surface area contributed by atoms with Crippen molar-refractivity contribution in [3.63, 3.8) is 0 Å². The molecule has 1 fully saturated rings. The first-order chi connectivity index (χ1) is 16.8. The molecule has 0 aliphatic carbocycles. The van der Waals surface area contributed by atoms with Gasteiger partial charge >= 0.3 is 0 Å². The van der Waals surface area contributed by atoms with E-state index in [1.807, 2.05) is 52.5 Å². The van der Waals surface area contributed by atoms with Crippen LogP contribution in [0.5, 0.6) is 0 Å². The molecule has 1 aliphatic rings. The first kappa shape index (κ1) is 22.3. The predicted molar refractivity (Wildman–Crippen MR) is 135 cm³/mol. The van der Waals surface area contributed by atoms with E-state index in [4.69, 9.17) is 16.7 Å². The Hall–Kier alpha value is -3.21. The Bertz CT molecular complexity index is 1680. The quantitative estimate of drug-likeness (QED) is 0.347. The third-order valence-electron chi connectivity index (χ3n) is 6.66. The van der Waals surface area contributed by atoms with Crippen molar-refractivity contribution in [3.05, 3.63) is 71.1 Å². The van der Waals surface area contributed by atoms with Crippen LogP contribution in [-0.4, -0.2) is 60.5 Å². The molecule has 11 heteroatoms. The molecule has 5 aromatic rings. The Morgan fingerprint density at radius 1 is 1.06 bits per heavy atom. The van der Waals surface area contributed by atoms with Crippen molar-refractivity contribution >= 4 is 38.3 Å². The van der Waals surface area contributed by atoms with Crippen molar-refractivity contribution in [3.8, 4) is 11.4 Å². The van der Waals surface area contributed by atoms with Crippen molar-refractivity contribution < 1.29 is 8.42 Å². The van der Waals surface area contributed by atoms with Gasteiger partial charge < -0.3 is 4.57 Å². The van der Waals surface area contributed by atoms with Crippen molar-refractivity contribution in [2.45, 2.75) is 26.4 Å². The molecule has 180 valence electrons. The van der Waals surface area contributed by atoms with Gasteiger partial charge in [0.1, 0.15) is 11.5 Å². The number of benzene rings is 1. The average Bonchev–Trinajstić information content (AvgIpc) is 3.50. The van der Waals surface area contributed by atoms with E-state index < -0.39 is 10.0 Å². The second-order valence-corrected chi connectivity index (χ2v) is 11.5.